The minimum Gasteiger partial charge on any atom is -0.378 e. The third kappa shape index (κ3) is 3.58. The predicted molar refractivity (Wildman–Crippen MR) is 60.5 cm³/mol. The fourth-order valence-electron chi connectivity index (χ4n) is 2.16. The lowest BCUT2D eigenvalue weighted by molar-refractivity contribution is -0.00231. The summed E-state index contributed by atoms with van der Waals surface area (Å²) in [6, 6.07) is 0.561. The molecule has 2 nitrogen and oxygen atoms in total. The van der Waals surface area contributed by atoms with Gasteiger partial charge in [0, 0.05) is 12.6 Å². The topological polar surface area (TPSA) is 21.3 Å². The highest BCUT2D eigenvalue weighted by Gasteiger charge is 2.27. The molecule has 1 heterocycles. The summed E-state index contributed by atoms with van der Waals surface area (Å²) in [6.45, 7) is 7.83. The van der Waals surface area contributed by atoms with E-state index in [1.165, 1.54) is 19.3 Å². The number of hydrogen-bond donors (Lipinski definition) is 1. The van der Waals surface area contributed by atoms with Gasteiger partial charge in [-0.2, -0.15) is 0 Å². The molecule has 84 valence electrons. The van der Waals surface area contributed by atoms with Gasteiger partial charge in [-0.1, -0.05) is 20.8 Å². The number of nitrogens with one attached hydrogen (secondary N) is 1. The first-order valence-corrected chi connectivity index (χ1v) is 5.83. The van der Waals surface area contributed by atoms with E-state index in [4.69, 9.17) is 4.74 Å². The largest absolute Gasteiger partial charge is 0.378 e. The Kier molecular flexibility index (Phi) is 4.39. The molecule has 0 bridgehead atoms. The lowest BCUT2D eigenvalue weighted by Gasteiger charge is -2.34. The van der Waals surface area contributed by atoms with Crippen molar-refractivity contribution in [2.45, 2.75) is 58.6 Å². The van der Waals surface area contributed by atoms with E-state index in [2.05, 4.69) is 33.1 Å². The quantitative estimate of drug-likeness (QED) is 0.754. The van der Waals surface area contributed by atoms with Crippen LogP contribution in [0.1, 0.15) is 46.5 Å². The van der Waals surface area contributed by atoms with Gasteiger partial charge in [0.15, 0.2) is 0 Å². The molecule has 2 unspecified atom stereocenters. The third-order valence-electron chi connectivity index (χ3n) is 3.17. The summed E-state index contributed by atoms with van der Waals surface area (Å²) in [5.41, 5.74) is 0.329. The van der Waals surface area contributed by atoms with Gasteiger partial charge in [0.1, 0.15) is 0 Å². The SMILES string of the molecule is CNC(CC1CCCCO1)C(C)(C)C. The summed E-state index contributed by atoms with van der Waals surface area (Å²) < 4.78 is 5.77. The van der Waals surface area contributed by atoms with Gasteiger partial charge < -0.3 is 10.1 Å². The second-order valence-electron chi connectivity index (χ2n) is 5.43. The van der Waals surface area contributed by atoms with Gasteiger partial charge in [-0.15, -0.1) is 0 Å². The number of ether oxygens (including phenoxy) is 1. The van der Waals surface area contributed by atoms with Crippen LogP contribution in [-0.2, 0) is 4.74 Å². The highest BCUT2D eigenvalue weighted by atomic mass is 16.5. The molecule has 1 rings (SSSR count). The molecule has 14 heavy (non-hydrogen) atoms. The molecule has 1 fully saturated rings. The van der Waals surface area contributed by atoms with Crippen LogP contribution in [0.3, 0.4) is 0 Å². The van der Waals surface area contributed by atoms with Crippen LogP contribution in [0.2, 0.25) is 0 Å². The van der Waals surface area contributed by atoms with E-state index < -0.39 is 0 Å². The molecule has 1 saturated heterocycles. The Morgan fingerprint density at radius 2 is 2.07 bits per heavy atom. The Balaban J connectivity index is 2.39. The molecule has 0 aromatic rings. The van der Waals surface area contributed by atoms with Crippen molar-refractivity contribution in [3.05, 3.63) is 0 Å². The van der Waals surface area contributed by atoms with Crippen LogP contribution in [0.5, 0.6) is 0 Å². The van der Waals surface area contributed by atoms with Gasteiger partial charge in [0.2, 0.25) is 0 Å². The number of hydrogen-bond acceptors (Lipinski definition) is 2. The zero-order valence-corrected chi connectivity index (χ0v) is 10.1. The molecule has 2 heteroatoms. The molecule has 1 aliphatic rings. The standard InChI is InChI=1S/C12H25NO/c1-12(2,3)11(13-4)9-10-7-5-6-8-14-10/h10-11,13H,5-9H2,1-4H3. The Morgan fingerprint density at radius 1 is 1.36 bits per heavy atom. The summed E-state index contributed by atoms with van der Waals surface area (Å²) in [5.74, 6) is 0. The Hall–Kier alpha value is -0.0800. The first-order valence-electron chi connectivity index (χ1n) is 5.83. The van der Waals surface area contributed by atoms with Crippen molar-refractivity contribution in [2.24, 2.45) is 5.41 Å². The van der Waals surface area contributed by atoms with Crippen molar-refractivity contribution in [3.63, 3.8) is 0 Å². The molecule has 0 amide bonds. The van der Waals surface area contributed by atoms with Crippen LogP contribution in [0.4, 0.5) is 0 Å². The molecular weight excluding hydrogens is 174 g/mol. The normalized spacial score (nSPS) is 26.1. The molecule has 0 aromatic heterocycles. The van der Waals surface area contributed by atoms with E-state index in [9.17, 15) is 0 Å². The highest BCUT2D eigenvalue weighted by Crippen LogP contribution is 2.26. The summed E-state index contributed by atoms with van der Waals surface area (Å²) >= 11 is 0. The molecule has 0 aromatic carbocycles. The maximum Gasteiger partial charge on any atom is 0.0590 e. The fourth-order valence-corrected chi connectivity index (χ4v) is 2.16. The van der Waals surface area contributed by atoms with Crippen LogP contribution in [0.25, 0.3) is 0 Å². The van der Waals surface area contributed by atoms with Gasteiger partial charge in [0.25, 0.3) is 0 Å². The zero-order chi connectivity index (χ0) is 10.6. The second kappa shape index (κ2) is 5.13. The van der Waals surface area contributed by atoms with E-state index >= 15 is 0 Å². The van der Waals surface area contributed by atoms with Crippen molar-refractivity contribution >= 4 is 0 Å². The zero-order valence-electron chi connectivity index (χ0n) is 10.1. The van der Waals surface area contributed by atoms with E-state index in [0.29, 0.717) is 17.6 Å². The maximum atomic E-state index is 5.77. The molecule has 2 atom stereocenters. The Morgan fingerprint density at radius 3 is 2.50 bits per heavy atom. The summed E-state index contributed by atoms with van der Waals surface area (Å²) in [4.78, 5) is 0. The smallest absolute Gasteiger partial charge is 0.0590 e. The fraction of sp³-hybridized carbons (Fsp3) is 1.00. The van der Waals surface area contributed by atoms with Crippen molar-refractivity contribution in [1.82, 2.24) is 5.32 Å². The minimum atomic E-state index is 0.329. The first kappa shape index (κ1) is 12.0. The van der Waals surface area contributed by atoms with E-state index in [1.54, 1.807) is 0 Å². The lowest BCUT2D eigenvalue weighted by atomic mass is 9.82. The van der Waals surface area contributed by atoms with Crippen molar-refractivity contribution in [1.29, 1.82) is 0 Å². The molecular formula is C12H25NO. The molecule has 1 N–H and O–H groups in total. The van der Waals surface area contributed by atoms with E-state index in [0.717, 1.165) is 13.0 Å². The predicted octanol–water partition coefficient (Wildman–Crippen LogP) is 2.58. The van der Waals surface area contributed by atoms with Crippen molar-refractivity contribution in [3.8, 4) is 0 Å². The molecule has 0 saturated carbocycles. The van der Waals surface area contributed by atoms with Crippen molar-refractivity contribution < 1.29 is 4.74 Å². The molecule has 1 aliphatic heterocycles. The average molecular weight is 199 g/mol. The lowest BCUT2D eigenvalue weighted by Crippen LogP contribution is -2.41. The average Bonchev–Trinajstić information content (AvgIpc) is 2.14. The van der Waals surface area contributed by atoms with Gasteiger partial charge >= 0.3 is 0 Å². The second-order valence-corrected chi connectivity index (χ2v) is 5.43. The number of rotatable bonds is 3. The summed E-state index contributed by atoms with van der Waals surface area (Å²) in [5, 5.41) is 3.41. The highest BCUT2D eigenvalue weighted by molar-refractivity contribution is 4.82. The van der Waals surface area contributed by atoms with Crippen LogP contribution in [0.15, 0.2) is 0 Å². The van der Waals surface area contributed by atoms with Crippen LogP contribution in [-0.4, -0.2) is 25.8 Å². The summed E-state index contributed by atoms with van der Waals surface area (Å²) in [6.07, 6.45) is 5.47. The Labute approximate surface area is 88.4 Å². The molecule has 0 radical (unpaired) electrons. The van der Waals surface area contributed by atoms with Gasteiger partial charge in [0.05, 0.1) is 6.10 Å². The van der Waals surface area contributed by atoms with E-state index in [1.807, 2.05) is 0 Å². The minimum absolute atomic E-state index is 0.329. The van der Waals surface area contributed by atoms with Gasteiger partial charge in [-0.3, -0.25) is 0 Å². The van der Waals surface area contributed by atoms with Crippen LogP contribution in [0, 0.1) is 5.41 Å². The first-order chi connectivity index (χ1) is 6.54. The third-order valence-corrected chi connectivity index (χ3v) is 3.17. The molecule has 0 spiro atoms. The van der Waals surface area contributed by atoms with Gasteiger partial charge in [-0.25, -0.2) is 0 Å². The maximum absolute atomic E-state index is 5.77. The van der Waals surface area contributed by atoms with E-state index in [-0.39, 0.29) is 0 Å². The van der Waals surface area contributed by atoms with Crippen LogP contribution >= 0.6 is 0 Å². The van der Waals surface area contributed by atoms with Crippen molar-refractivity contribution in [2.75, 3.05) is 13.7 Å². The van der Waals surface area contributed by atoms with Crippen LogP contribution < -0.4 is 5.32 Å². The summed E-state index contributed by atoms with van der Waals surface area (Å²) in [7, 11) is 2.05. The van der Waals surface area contributed by atoms with Gasteiger partial charge in [-0.05, 0) is 38.1 Å². The Bertz CT molecular complexity index is 156. The molecule has 0 aliphatic carbocycles. The monoisotopic (exact) mass is 199 g/mol.